The number of carbonyl (C=O) groups excluding carboxylic acids is 1. The van der Waals surface area contributed by atoms with Gasteiger partial charge in [-0.3, -0.25) is 4.79 Å². The minimum atomic E-state index is -0.397. The maximum Gasteiger partial charge on any atom is 0.272 e. The van der Waals surface area contributed by atoms with Gasteiger partial charge in [-0.05, 0) is 31.2 Å². The number of aromatic nitrogens is 1. The van der Waals surface area contributed by atoms with Gasteiger partial charge in [0.1, 0.15) is 16.6 Å². The molecule has 1 amide bonds. The van der Waals surface area contributed by atoms with Crippen molar-refractivity contribution in [3.05, 3.63) is 52.2 Å². The number of nitrogens with zero attached hydrogens (tertiary/aromatic N) is 1. The third-order valence-electron chi connectivity index (χ3n) is 2.34. The second-order valence-corrected chi connectivity index (χ2v) is 4.47. The molecule has 0 aromatic carbocycles. The lowest BCUT2D eigenvalue weighted by Crippen LogP contribution is -2.27. The van der Waals surface area contributed by atoms with Gasteiger partial charge < -0.3 is 9.73 Å². The smallest absolute Gasteiger partial charge is 0.272 e. The molecule has 0 radical (unpaired) electrons. The Labute approximate surface area is 114 Å². The van der Waals surface area contributed by atoms with Gasteiger partial charge in [0, 0.05) is 0 Å². The molecule has 2 aromatic rings. The van der Waals surface area contributed by atoms with Gasteiger partial charge in [-0.2, -0.15) is 0 Å². The summed E-state index contributed by atoms with van der Waals surface area (Å²) in [6, 6.07) is 6.31. The molecule has 94 valence electrons. The summed E-state index contributed by atoms with van der Waals surface area (Å²) < 4.78 is 5.19. The second-order valence-electron chi connectivity index (χ2n) is 3.67. The van der Waals surface area contributed by atoms with Crippen molar-refractivity contribution in [2.75, 3.05) is 0 Å². The van der Waals surface area contributed by atoms with E-state index >= 15 is 0 Å². The minimum Gasteiger partial charge on any atom is -0.467 e. The van der Waals surface area contributed by atoms with Crippen molar-refractivity contribution in [2.45, 2.75) is 13.0 Å². The average molecular weight is 285 g/mol. The Kier molecular flexibility index (Phi) is 3.89. The number of rotatable bonds is 3. The van der Waals surface area contributed by atoms with E-state index in [0.717, 1.165) is 0 Å². The van der Waals surface area contributed by atoms with Crippen LogP contribution in [0.2, 0.25) is 10.2 Å². The molecular formula is C12H10Cl2N2O2. The van der Waals surface area contributed by atoms with Gasteiger partial charge in [-0.25, -0.2) is 4.98 Å². The number of furan rings is 1. The SMILES string of the molecule is CC(NC(=O)c1nc(Cl)ccc1Cl)c1ccco1. The zero-order valence-electron chi connectivity index (χ0n) is 9.48. The number of hydrogen-bond donors (Lipinski definition) is 1. The molecule has 4 nitrogen and oxygen atoms in total. The number of amides is 1. The highest BCUT2D eigenvalue weighted by atomic mass is 35.5. The van der Waals surface area contributed by atoms with E-state index in [1.165, 1.54) is 12.1 Å². The molecule has 6 heteroatoms. The lowest BCUT2D eigenvalue weighted by atomic mass is 10.2. The quantitative estimate of drug-likeness (QED) is 0.878. The lowest BCUT2D eigenvalue weighted by Gasteiger charge is -2.11. The Morgan fingerprint density at radius 2 is 2.17 bits per heavy atom. The topological polar surface area (TPSA) is 55.1 Å². The Bertz CT molecular complexity index is 555. The van der Waals surface area contributed by atoms with Crippen molar-refractivity contribution in [3.8, 4) is 0 Å². The van der Waals surface area contributed by atoms with Crippen molar-refractivity contribution in [2.24, 2.45) is 0 Å². The third kappa shape index (κ3) is 2.83. The zero-order chi connectivity index (χ0) is 13.1. The van der Waals surface area contributed by atoms with Crippen LogP contribution in [0.4, 0.5) is 0 Å². The Balaban J connectivity index is 2.15. The largest absolute Gasteiger partial charge is 0.467 e. The van der Waals surface area contributed by atoms with Crippen molar-refractivity contribution >= 4 is 29.1 Å². The normalized spacial score (nSPS) is 12.2. The molecule has 0 fully saturated rings. The van der Waals surface area contributed by atoms with Crippen molar-refractivity contribution in [1.29, 1.82) is 0 Å². The molecule has 2 aromatic heterocycles. The van der Waals surface area contributed by atoms with E-state index in [0.29, 0.717) is 5.76 Å². The molecule has 2 rings (SSSR count). The van der Waals surface area contributed by atoms with Gasteiger partial charge in [0.25, 0.3) is 5.91 Å². The standard InChI is InChI=1S/C12H10Cl2N2O2/c1-7(9-3-2-6-18-9)15-12(17)11-8(13)4-5-10(14)16-11/h2-7H,1H3,(H,15,17). The molecule has 1 atom stereocenters. The summed E-state index contributed by atoms with van der Waals surface area (Å²) in [5, 5.41) is 3.20. The summed E-state index contributed by atoms with van der Waals surface area (Å²) in [6.07, 6.45) is 1.54. The molecule has 0 aliphatic rings. The fourth-order valence-corrected chi connectivity index (χ4v) is 1.79. The van der Waals surface area contributed by atoms with Crippen LogP contribution in [0.25, 0.3) is 0 Å². The molecule has 18 heavy (non-hydrogen) atoms. The Morgan fingerprint density at radius 1 is 1.39 bits per heavy atom. The summed E-state index contributed by atoms with van der Waals surface area (Å²) in [5.74, 6) is 0.257. The highest BCUT2D eigenvalue weighted by molar-refractivity contribution is 6.34. The number of carbonyl (C=O) groups is 1. The summed E-state index contributed by atoms with van der Waals surface area (Å²) >= 11 is 11.6. The highest BCUT2D eigenvalue weighted by Crippen LogP contribution is 2.18. The van der Waals surface area contributed by atoms with Crippen LogP contribution < -0.4 is 5.32 Å². The molecule has 1 unspecified atom stereocenters. The van der Waals surface area contributed by atoms with Crippen molar-refractivity contribution in [3.63, 3.8) is 0 Å². The molecule has 0 saturated carbocycles. The first kappa shape index (κ1) is 12.9. The fourth-order valence-electron chi connectivity index (χ4n) is 1.45. The fraction of sp³-hybridized carbons (Fsp3) is 0.167. The van der Waals surface area contributed by atoms with Gasteiger partial charge >= 0.3 is 0 Å². The highest BCUT2D eigenvalue weighted by Gasteiger charge is 2.17. The first-order valence-corrected chi connectivity index (χ1v) is 6.00. The van der Waals surface area contributed by atoms with E-state index in [2.05, 4.69) is 10.3 Å². The van der Waals surface area contributed by atoms with E-state index in [1.54, 1.807) is 25.3 Å². The Hall–Kier alpha value is -1.52. The summed E-state index contributed by atoms with van der Waals surface area (Å²) in [5.41, 5.74) is 0.0996. The molecule has 0 spiro atoms. The van der Waals surface area contributed by atoms with Crippen LogP contribution in [0.1, 0.15) is 29.2 Å². The van der Waals surface area contributed by atoms with E-state index in [9.17, 15) is 4.79 Å². The number of hydrogen-bond acceptors (Lipinski definition) is 3. The monoisotopic (exact) mass is 284 g/mol. The number of halogens is 2. The van der Waals surface area contributed by atoms with Crippen LogP contribution in [0, 0.1) is 0 Å². The van der Waals surface area contributed by atoms with Crippen molar-refractivity contribution < 1.29 is 9.21 Å². The molecule has 0 bridgehead atoms. The van der Waals surface area contributed by atoms with Gasteiger partial charge in [0.15, 0.2) is 0 Å². The third-order valence-corrected chi connectivity index (χ3v) is 2.86. The average Bonchev–Trinajstić information content (AvgIpc) is 2.85. The predicted molar refractivity (Wildman–Crippen MR) is 68.8 cm³/mol. The summed E-state index contributed by atoms with van der Waals surface area (Å²) in [6.45, 7) is 1.80. The van der Waals surface area contributed by atoms with E-state index < -0.39 is 5.91 Å². The van der Waals surface area contributed by atoms with Crippen LogP contribution in [0.5, 0.6) is 0 Å². The van der Waals surface area contributed by atoms with E-state index in [1.807, 2.05) is 0 Å². The van der Waals surface area contributed by atoms with Gasteiger partial charge in [-0.1, -0.05) is 23.2 Å². The predicted octanol–water partition coefficient (Wildman–Crippen LogP) is 3.47. The van der Waals surface area contributed by atoms with Gasteiger partial charge in [0.05, 0.1) is 17.3 Å². The second kappa shape index (κ2) is 5.42. The molecule has 0 aliphatic carbocycles. The van der Waals surface area contributed by atoms with Crippen molar-refractivity contribution in [1.82, 2.24) is 10.3 Å². The van der Waals surface area contributed by atoms with Crippen LogP contribution in [-0.4, -0.2) is 10.9 Å². The summed E-state index contributed by atoms with van der Waals surface area (Å²) in [4.78, 5) is 15.9. The van der Waals surface area contributed by atoms with Crippen LogP contribution in [0.3, 0.4) is 0 Å². The molecular weight excluding hydrogens is 275 g/mol. The molecule has 0 aliphatic heterocycles. The molecule has 1 N–H and O–H groups in total. The molecule has 2 heterocycles. The van der Waals surface area contributed by atoms with Gasteiger partial charge in [0.2, 0.25) is 0 Å². The first-order chi connectivity index (χ1) is 8.58. The Morgan fingerprint density at radius 3 is 2.83 bits per heavy atom. The first-order valence-electron chi connectivity index (χ1n) is 5.24. The van der Waals surface area contributed by atoms with Crippen LogP contribution in [-0.2, 0) is 0 Å². The van der Waals surface area contributed by atoms with Gasteiger partial charge in [-0.15, -0.1) is 0 Å². The maximum atomic E-state index is 12.0. The summed E-state index contributed by atoms with van der Waals surface area (Å²) in [7, 11) is 0. The minimum absolute atomic E-state index is 0.0996. The number of nitrogens with one attached hydrogen (secondary N) is 1. The van der Waals surface area contributed by atoms with E-state index in [4.69, 9.17) is 27.6 Å². The molecule has 0 saturated heterocycles. The number of pyridine rings is 1. The maximum absolute atomic E-state index is 12.0. The van der Waals surface area contributed by atoms with Crippen LogP contribution >= 0.6 is 23.2 Å². The zero-order valence-corrected chi connectivity index (χ0v) is 11.0. The lowest BCUT2D eigenvalue weighted by molar-refractivity contribution is 0.0930. The van der Waals surface area contributed by atoms with E-state index in [-0.39, 0.29) is 21.9 Å². The van der Waals surface area contributed by atoms with Crippen LogP contribution in [0.15, 0.2) is 34.9 Å².